The Kier molecular flexibility index (Phi) is 3.70. The molecule has 2 aromatic carbocycles. The molecule has 0 fully saturated rings. The molecule has 0 aliphatic rings. The topological polar surface area (TPSA) is 17.0 Å². The van der Waals surface area contributed by atoms with Crippen LogP contribution >= 0.6 is 22.6 Å². The van der Waals surface area contributed by atoms with Crippen molar-refractivity contribution in [3.63, 3.8) is 0 Å². The van der Waals surface area contributed by atoms with Gasteiger partial charge < -0.3 is 9.88 Å². The van der Waals surface area contributed by atoms with Crippen molar-refractivity contribution in [1.29, 1.82) is 0 Å². The van der Waals surface area contributed by atoms with E-state index in [4.69, 9.17) is 0 Å². The number of halogens is 1. The number of fused-ring (bicyclic) bond motifs is 1. The lowest BCUT2D eigenvalue weighted by Gasteiger charge is -2.07. The zero-order chi connectivity index (χ0) is 14.1. The summed E-state index contributed by atoms with van der Waals surface area (Å²) in [6.45, 7) is 2.98. The molecule has 0 spiro atoms. The van der Waals surface area contributed by atoms with Crippen LogP contribution in [0.15, 0.2) is 48.7 Å². The Morgan fingerprint density at radius 2 is 1.95 bits per heavy atom. The zero-order valence-electron chi connectivity index (χ0n) is 11.7. The van der Waals surface area contributed by atoms with E-state index in [1.54, 1.807) is 0 Å². The predicted molar refractivity (Wildman–Crippen MR) is 94.1 cm³/mol. The summed E-state index contributed by atoms with van der Waals surface area (Å²) in [5.41, 5.74) is 5.11. The number of anilines is 1. The molecule has 0 saturated carbocycles. The number of hydrogen-bond donors (Lipinski definition) is 1. The number of rotatable bonds is 3. The Balaban J connectivity index is 1.85. The number of aryl methyl sites for hydroxylation is 2. The first kappa shape index (κ1) is 13.5. The van der Waals surface area contributed by atoms with Gasteiger partial charge in [-0.05, 0) is 58.8 Å². The van der Waals surface area contributed by atoms with Crippen molar-refractivity contribution in [1.82, 2.24) is 4.57 Å². The van der Waals surface area contributed by atoms with Crippen LogP contribution in [-0.2, 0) is 13.6 Å². The van der Waals surface area contributed by atoms with E-state index in [2.05, 4.69) is 95.1 Å². The molecule has 0 saturated heterocycles. The van der Waals surface area contributed by atoms with Gasteiger partial charge in [0.05, 0.1) is 0 Å². The van der Waals surface area contributed by atoms with Crippen molar-refractivity contribution < 1.29 is 0 Å². The highest BCUT2D eigenvalue weighted by Crippen LogP contribution is 2.22. The van der Waals surface area contributed by atoms with E-state index < -0.39 is 0 Å². The predicted octanol–water partition coefficient (Wildman–Crippen LogP) is 4.70. The van der Waals surface area contributed by atoms with Crippen LogP contribution < -0.4 is 5.32 Å². The van der Waals surface area contributed by atoms with Crippen LogP contribution in [-0.4, -0.2) is 4.57 Å². The minimum absolute atomic E-state index is 0.848. The molecule has 0 atom stereocenters. The molecule has 0 aliphatic carbocycles. The van der Waals surface area contributed by atoms with E-state index in [1.807, 2.05) is 0 Å². The van der Waals surface area contributed by atoms with E-state index in [9.17, 15) is 0 Å². The van der Waals surface area contributed by atoms with E-state index in [0.29, 0.717) is 0 Å². The van der Waals surface area contributed by atoms with E-state index in [-0.39, 0.29) is 0 Å². The fourth-order valence-electron chi connectivity index (χ4n) is 2.47. The highest BCUT2D eigenvalue weighted by molar-refractivity contribution is 14.1. The van der Waals surface area contributed by atoms with Gasteiger partial charge in [0.25, 0.3) is 0 Å². The number of benzene rings is 2. The van der Waals surface area contributed by atoms with Crippen LogP contribution in [0.25, 0.3) is 10.9 Å². The average molecular weight is 376 g/mol. The molecule has 0 bridgehead atoms. The maximum absolute atomic E-state index is 3.52. The molecule has 3 heteroatoms. The second-order valence-electron chi connectivity index (χ2n) is 5.10. The van der Waals surface area contributed by atoms with Gasteiger partial charge in [-0.15, -0.1) is 0 Å². The number of nitrogens with one attached hydrogen (secondary N) is 1. The summed E-state index contributed by atoms with van der Waals surface area (Å²) in [6, 6.07) is 15.0. The minimum atomic E-state index is 0.848. The van der Waals surface area contributed by atoms with Crippen molar-refractivity contribution in [3.05, 3.63) is 63.4 Å². The van der Waals surface area contributed by atoms with Gasteiger partial charge >= 0.3 is 0 Å². The van der Waals surface area contributed by atoms with Gasteiger partial charge in [0, 0.05) is 39.9 Å². The van der Waals surface area contributed by atoms with Crippen molar-refractivity contribution in [3.8, 4) is 0 Å². The van der Waals surface area contributed by atoms with Crippen LogP contribution in [0.4, 0.5) is 5.69 Å². The Bertz CT molecular complexity index is 759. The largest absolute Gasteiger partial charge is 0.381 e. The quantitative estimate of drug-likeness (QED) is 0.656. The average Bonchev–Trinajstić information content (AvgIpc) is 2.78. The monoisotopic (exact) mass is 376 g/mol. The molecule has 20 heavy (non-hydrogen) atoms. The van der Waals surface area contributed by atoms with Gasteiger partial charge in [-0.25, -0.2) is 0 Å². The second-order valence-corrected chi connectivity index (χ2v) is 6.26. The normalized spacial score (nSPS) is 10.9. The number of aromatic nitrogens is 1. The molecule has 1 aromatic heterocycles. The van der Waals surface area contributed by atoms with Gasteiger partial charge in [0.15, 0.2) is 0 Å². The lowest BCUT2D eigenvalue weighted by Crippen LogP contribution is -1.99. The van der Waals surface area contributed by atoms with E-state index >= 15 is 0 Å². The molecule has 0 aliphatic heterocycles. The second kappa shape index (κ2) is 5.48. The highest BCUT2D eigenvalue weighted by atomic mass is 127. The summed E-state index contributed by atoms with van der Waals surface area (Å²) < 4.78 is 3.48. The molecule has 3 rings (SSSR count). The first-order valence-corrected chi connectivity index (χ1v) is 7.76. The third kappa shape index (κ3) is 2.54. The van der Waals surface area contributed by atoms with Gasteiger partial charge in [0.1, 0.15) is 0 Å². The fourth-order valence-corrected chi connectivity index (χ4v) is 2.98. The smallest absolute Gasteiger partial charge is 0.0481 e. The van der Waals surface area contributed by atoms with Crippen LogP contribution in [0.3, 0.4) is 0 Å². The molecule has 0 radical (unpaired) electrons. The van der Waals surface area contributed by atoms with Crippen molar-refractivity contribution >= 4 is 39.2 Å². The maximum atomic E-state index is 3.52. The number of nitrogens with zero attached hydrogens (tertiary/aromatic N) is 1. The summed E-state index contributed by atoms with van der Waals surface area (Å²) in [4.78, 5) is 0. The van der Waals surface area contributed by atoms with Crippen LogP contribution in [0, 0.1) is 10.5 Å². The van der Waals surface area contributed by atoms with Crippen LogP contribution in [0.5, 0.6) is 0 Å². The Hall–Kier alpha value is -1.49. The first-order valence-electron chi connectivity index (χ1n) is 6.68. The first-order chi connectivity index (χ1) is 9.65. The highest BCUT2D eigenvalue weighted by Gasteiger charge is 2.05. The van der Waals surface area contributed by atoms with Crippen LogP contribution in [0.1, 0.15) is 11.1 Å². The van der Waals surface area contributed by atoms with E-state index in [1.165, 1.54) is 31.3 Å². The lowest BCUT2D eigenvalue weighted by atomic mass is 10.1. The summed E-state index contributed by atoms with van der Waals surface area (Å²) in [7, 11) is 2.10. The summed E-state index contributed by atoms with van der Waals surface area (Å²) >= 11 is 2.38. The summed E-state index contributed by atoms with van der Waals surface area (Å²) in [5.74, 6) is 0. The van der Waals surface area contributed by atoms with Crippen molar-refractivity contribution in [2.75, 3.05) is 5.32 Å². The third-order valence-electron chi connectivity index (χ3n) is 3.63. The SMILES string of the molecule is Cc1ccc(NCc2cn(C)c3ccccc23)cc1I. The lowest BCUT2D eigenvalue weighted by molar-refractivity contribution is 0.956. The zero-order valence-corrected chi connectivity index (χ0v) is 13.8. The third-order valence-corrected chi connectivity index (χ3v) is 4.80. The van der Waals surface area contributed by atoms with Gasteiger partial charge in [-0.3, -0.25) is 0 Å². The Labute approximate surface area is 132 Å². The number of hydrogen-bond acceptors (Lipinski definition) is 1. The van der Waals surface area contributed by atoms with E-state index in [0.717, 1.165) is 6.54 Å². The standard InChI is InChI=1S/C17H17IN2/c1-12-7-8-14(9-16(12)18)19-10-13-11-20(2)17-6-4-3-5-15(13)17/h3-9,11,19H,10H2,1-2H3. The Morgan fingerprint density at radius 3 is 2.75 bits per heavy atom. The molecule has 1 heterocycles. The molecular weight excluding hydrogens is 359 g/mol. The van der Waals surface area contributed by atoms with Crippen molar-refractivity contribution in [2.45, 2.75) is 13.5 Å². The molecule has 0 amide bonds. The summed E-state index contributed by atoms with van der Waals surface area (Å²) in [5, 5.41) is 4.84. The van der Waals surface area contributed by atoms with Crippen LogP contribution in [0.2, 0.25) is 0 Å². The molecular formula is C17H17IN2. The molecule has 102 valence electrons. The van der Waals surface area contributed by atoms with Gasteiger partial charge in [-0.1, -0.05) is 24.3 Å². The van der Waals surface area contributed by atoms with Crippen molar-refractivity contribution in [2.24, 2.45) is 7.05 Å². The minimum Gasteiger partial charge on any atom is -0.381 e. The molecule has 3 aromatic rings. The maximum Gasteiger partial charge on any atom is 0.0481 e. The number of para-hydroxylation sites is 1. The molecule has 0 unspecified atom stereocenters. The van der Waals surface area contributed by atoms with Gasteiger partial charge in [0.2, 0.25) is 0 Å². The van der Waals surface area contributed by atoms with Gasteiger partial charge in [-0.2, -0.15) is 0 Å². The molecule has 2 nitrogen and oxygen atoms in total. The summed E-state index contributed by atoms with van der Waals surface area (Å²) in [6.07, 6.45) is 2.21. The molecule has 1 N–H and O–H groups in total. The Morgan fingerprint density at radius 1 is 1.15 bits per heavy atom. The fraction of sp³-hybridized carbons (Fsp3) is 0.176.